The number of carbonyl (C=O) groups is 1. The third kappa shape index (κ3) is 4.64. The van der Waals surface area contributed by atoms with E-state index in [1.165, 1.54) is 0 Å². The van der Waals surface area contributed by atoms with Gasteiger partial charge in [-0.05, 0) is 32.9 Å². The first-order valence-corrected chi connectivity index (χ1v) is 9.20. The molecule has 8 heteroatoms. The van der Waals surface area contributed by atoms with Crippen molar-refractivity contribution in [3.8, 4) is 11.4 Å². The van der Waals surface area contributed by atoms with E-state index in [0.29, 0.717) is 17.9 Å². The van der Waals surface area contributed by atoms with Gasteiger partial charge in [0.15, 0.2) is 5.69 Å². The standard InChI is InChI=1S/C19H27N5O3/c1-13-11-23(12-14(2)27-13)9-8-20-19(25)18-15(3)24(22-21-18)16-6-5-7-17(10-16)26-4/h5-7,10,13-14H,8-9,11-12H2,1-4H3,(H,20,25). The second-order valence-corrected chi connectivity index (χ2v) is 6.91. The van der Waals surface area contributed by atoms with Crippen molar-refractivity contribution in [2.24, 2.45) is 0 Å². The molecule has 1 fully saturated rings. The second-order valence-electron chi connectivity index (χ2n) is 6.91. The lowest BCUT2D eigenvalue weighted by atomic mass is 10.2. The van der Waals surface area contributed by atoms with Crippen LogP contribution in [0.5, 0.6) is 5.75 Å². The number of hydrogen-bond donors (Lipinski definition) is 1. The number of morpholine rings is 1. The van der Waals surface area contributed by atoms with Crippen molar-refractivity contribution in [2.75, 3.05) is 33.3 Å². The summed E-state index contributed by atoms with van der Waals surface area (Å²) in [6.07, 6.45) is 0.434. The van der Waals surface area contributed by atoms with Gasteiger partial charge >= 0.3 is 0 Å². The van der Waals surface area contributed by atoms with E-state index in [1.807, 2.05) is 31.2 Å². The molecule has 1 aliphatic rings. The Kier molecular flexibility index (Phi) is 6.08. The number of rotatable bonds is 6. The lowest BCUT2D eigenvalue weighted by molar-refractivity contribution is -0.0672. The predicted octanol–water partition coefficient (Wildman–Crippen LogP) is 1.42. The highest BCUT2D eigenvalue weighted by Gasteiger charge is 2.22. The molecule has 3 rings (SSSR count). The van der Waals surface area contributed by atoms with Crippen LogP contribution < -0.4 is 10.1 Å². The molecule has 0 radical (unpaired) electrons. The number of carbonyl (C=O) groups excluding carboxylic acids is 1. The molecule has 1 saturated heterocycles. The van der Waals surface area contributed by atoms with Crippen molar-refractivity contribution in [3.63, 3.8) is 0 Å². The summed E-state index contributed by atoms with van der Waals surface area (Å²) < 4.78 is 12.6. The number of methoxy groups -OCH3 is 1. The van der Waals surface area contributed by atoms with Crippen molar-refractivity contribution < 1.29 is 14.3 Å². The molecule has 1 amide bonds. The van der Waals surface area contributed by atoms with E-state index in [4.69, 9.17) is 9.47 Å². The Morgan fingerprint density at radius 2 is 2.07 bits per heavy atom. The van der Waals surface area contributed by atoms with E-state index in [1.54, 1.807) is 11.8 Å². The average molecular weight is 373 g/mol. The van der Waals surface area contributed by atoms with Gasteiger partial charge in [0, 0.05) is 32.2 Å². The van der Waals surface area contributed by atoms with Crippen LogP contribution in [-0.2, 0) is 4.74 Å². The normalized spacial score (nSPS) is 20.4. The highest BCUT2D eigenvalue weighted by atomic mass is 16.5. The molecule has 1 aromatic heterocycles. The topological polar surface area (TPSA) is 81.5 Å². The molecule has 146 valence electrons. The van der Waals surface area contributed by atoms with E-state index in [-0.39, 0.29) is 18.1 Å². The van der Waals surface area contributed by atoms with Crippen LogP contribution in [0.1, 0.15) is 30.0 Å². The summed E-state index contributed by atoms with van der Waals surface area (Å²) in [5.41, 5.74) is 1.82. The summed E-state index contributed by atoms with van der Waals surface area (Å²) in [7, 11) is 1.61. The fourth-order valence-corrected chi connectivity index (χ4v) is 3.40. The molecule has 0 bridgehead atoms. The molecule has 2 unspecified atom stereocenters. The molecular weight excluding hydrogens is 346 g/mol. The van der Waals surface area contributed by atoms with Crippen LogP contribution in [0.3, 0.4) is 0 Å². The van der Waals surface area contributed by atoms with Gasteiger partial charge < -0.3 is 14.8 Å². The monoisotopic (exact) mass is 373 g/mol. The van der Waals surface area contributed by atoms with Crippen molar-refractivity contribution >= 4 is 5.91 Å². The zero-order chi connectivity index (χ0) is 19.4. The summed E-state index contributed by atoms with van der Waals surface area (Å²) in [5.74, 6) is 0.512. The maximum Gasteiger partial charge on any atom is 0.273 e. The van der Waals surface area contributed by atoms with E-state index in [0.717, 1.165) is 31.1 Å². The summed E-state index contributed by atoms with van der Waals surface area (Å²) in [6, 6.07) is 7.48. The molecule has 1 N–H and O–H groups in total. The summed E-state index contributed by atoms with van der Waals surface area (Å²) in [4.78, 5) is 14.8. The average Bonchev–Trinajstić information content (AvgIpc) is 3.02. The third-order valence-electron chi connectivity index (χ3n) is 4.62. The molecule has 0 saturated carbocycles. The van der Waals surface area contributed by atoms with Gasteiger partial charge in [0.25, 0.3) is 5.91 Å². The van der Waals surface area contributed by atoms with Crippen LogP contribution in [-0.4, -0.2) is 71.3 Å². The minimum absolute atomic E-state index is 0.212. The van der Waals surface area contributed by atoms with Gasteiger partial charge in [0.05, 0.1) is 30.7 Å². The first kappa shape index (κ1) is 19.3. The van der Waals surface area contributed by atoms with Crippen molar-refractivity contribution in [1.29, 1.82) is 0 Å². The Hall–Kier alpha value is -2.45. The van der Waals surface area contributed by atoms with Crippen molar-refractivity contribution in [2.45, 2.75) is 33.0 Å². The van der Waals surface area contributed by atoms with Gasteiger partial charge in [0.1, 0.15) is 5.75 Å². The fourth-order valence-electron chi connectivity index (χ4n) is 3.40. The molecule has 1 aromatic carbocycles. The maximum absolute atomic E-state index is 12.5. The Labute approximate surface area is 159 Å². The van der Waals surface area contributed by atoms with Crippen molar-refractivity contribution in [3.05, 3.63) is 35.7 Å². The van der Waals surface area contributed by atoms with Crippen LogP contribution in [0.4, 0.5) is 0 Å². The van der Waals surface area contributed by atoms with Crippen molar-refractivity contribution in [1.82, 2.24) is 25.2 Å². The Balaban J connectivity index is 1.60. The zero-order valence-corrected chi connectivity index (χ0v) is 16.3. The lowest BCUT2D eigenvalue weighted by Crippen LogP contribution is -2.47. The number of ether oxygens (including phenoxy) is 2. The van der Waals surface area contributed by atoms with Gasteiger partial charge in [-0.1, -0.05) is 11.3 Å². The highest BCUT2D eigenvalue weighted by molar-refractivity contribution is 5.93. The highest BCUT2D eigenvalue weighted by Crippen LogP contribution is 2.18. The Morgan fingerprint density at radius 3 is 2.78 bits per heavy atom. The van der Waals surface area contributed by atoms with Crippen LogP contribution >= 0.6 is 0 Å². The lowest BCUT2D eigenvalue weighted by Gasteiger charge is -2.35. The fraction of sp³-hybridized carbons (Fsp3) is 0.526. The summed E-state index contributed by atoms with van der Waals surface area (Å²) >= 11 is 0. The predicted molar refractivity (Wildman–Crippen MR) is 101 cm³/mol. The van der Waals surface area contributed by atoms with E-state index < -0.39 is 0 Å². The largest absolute Gasteiger partial charge is 0.497 e. The molecule has 0 aliphatic carbocycles. The van der Waals surface area contributed by atoms with Crippen LogP contribution in [0.2, 0.25) is 0 Å². The van der Waals surface area contributed by atoms with Gasteiger partial charge in [-0.3, -0.25) is 9.69 Å². The number of nitrogens with one attached hydrogen (secondary N) is 1. The maximum atomic E-state index is 12.5. The molecule has 27 heavy (non-hydrogen) atoms. The van der Waals surface area contributed by atoms with Crippen LogP contribution in [0, 0.1) is 6.92 Å². The number of benzene rings is 1. The Morgan fingerprint density at radius 1 is 1.33 bits per heavy atom. The molecule has 2 aromatic rings. The molecular formula is C19H27N5O3. The molecule has 2 heterocycles. The first-order chi connectivity index (χ1) is 13.0. The number of hydrogen-bond acceptors (Lipinski definition) is 6. The van der Waals surface area contributed by atoms with Gasteiger partial charge in [-0.25, -0.2) is 4.68 Å². The number of aromatic nitrogens is 3. The second kappa shape index (κ2) is 8.49. The molecule has 2 atom stereocenters. The quantitative estimate of drug-likeness (QED) is 0.825. The smallest absolute Gasteiger partial charge is 0.273 e. The van der Waals surface area contributed by atoms with Gasteiger partial charge in [0.2, 0.25) is 0 Å². The van der Waals surface area contributed by atoms with Crippen LogP contribution in [0.15, 0.2) is 24.3 Å². The van der Waals surface area contributed by atoms with Gasteiger partial charge in [-0.15, -0.1) is 5.10 Å². The minimum atomic E-state index is -0.212. The molecule has 1 aliphatic heterocycles. The zero-order valence-electron chi connectivity index (χ0n) is 16.3. The number of amides is 1. The SMILES string of the molecule is COc1cccc(-n2nnc(C(=O)NCCN3CC(C)OC(C)C3)c2C)c1. The van der Waals surface area contributed by atoms with E-state index in [9.17, 15) is 4.79 Å². The van der Waals surface area contributed by atoms with Gasteiger partial charge in [-0.2, -0.15) is 0 Å². The van der Waals surface area contributed by atoms with Crippen LogP contribution in [0.25, 0.3) is 5.69 Å². The summed E-state index contributed by atoms with van der Waals surface area (Å²) in [6.45, 7) is 9.08. The van der Waals surface area contributed by atoms with E-state index >= 15 is 0 Å². The minimum Gasteiger partial charge on any atom is -0.497 e. The first-order valence-electron chi connectivity index (χ1n) is 9.20. The molecule has 8 nitrogen and oxygen atoms in total. The third-order valence-corrected chi connectivity index (χ3v) is 4.62. The Bertz CT molecular complexity index is 781. The number of nitrogens with zero attached hydrogens (tertiary/aromatic N) is 4. The summed E-state index contributed by atoms with van der Waals surface area (Å²) in [5, 5.41) is 11.1. The molecule has 0 spiro atoms. The van der Waals surface area contributed by atoms with E-state index in [2.05, 4.69) is 34.4 Å².